The summed E-state index contributed by atoms with van der Waals surface area (Å²) in [7, 11) is -3.67. The standard InChI is InChI=1S/C22H24F2N4O5S/c1-4-27(5-2)34(32,33)16-9-7-15(8-10-16)25-19(29)13-28-20(30)22(3,26-21(28)31)17-12-14(23)6-11-18(17)24/h6-12H,4-5,13H2,1-3H3,(H,25,29)(H,26,31)/t22-/m0/s1. The molecule has 34 heavy (non-hydrogen) atoms. The molecule has 1 saturated heterocycles. The number of urea groups is 1. The van der Waals surface area contributed by atoms with Gasteiger partial charge >= 0.3 is 6.03 Å². The number of anilines is 1. The Balaban J connectivity index is 1.72. The highest BCUT2D eigenvalue weighted by atomic mass is 32.2. The Hall–Kier alpha value is -3.38. The van der Waals surface area contributed by atoms with Gasteiger partial charge in [-0.25, -0.2) is 22.0 Å². The number of hydrogen-bond donors (Lipinski definition) is 2. The van der Waals surface area contributed by atoms with Gasteiger partial charge in [-0.05, 0) is 49.4 Å². The molecule has 1 heterocycles. The smallest absolute Gasteiger partial charge is 0.325 e. The molecular formula is C22H24F2N4O5S. The number of imide groups is 1. The van der Waals surface area contributed by atoms with Gasteiger partial charge in [0.1, 0.15) is 23.7 Å². The van der Waals surface area contributed by atoms with Crippen LogP contribution >= 0.6 is 0 Å². The van der Waals surface area contributed by atoms with Crippen LogP contribution < -0.4 is 10.6 Å². The fraction of sp³-hybridized carbons (Fsp3) is 0.318. The van der Waals surface area contributed by atoms with E-state index in [1.54, 1.807) is 13.8 Å². The number of nitrogens with one attached hydrogen (secondary N) is 2. The molecule has 3 rings (SSSR count). The van der Waals surface area contributed by atoms with Crippen molar-refractivity contribution < 1.29 is 31.6 Å². The second-order valence-corrected chi connectivity index (χ2v) is 9.67. The van der Waals surface area contributed by atoms with Gasteiger partial charge in [0.2, 0.25) is 15.9 Å². The molecule has 0 aromatic heterocycles. The number of rotatable bonds is 8. The number of nitrogens with zero attached hydrogens (tertiary/aromatic N) is 2. The van der Waals surface area contributed by atoms with Crippen LogP contribution in [0.5, 0.6) is 0 Å². The summed E-state index contributed by atoms with van der Waals surface area (Å²) in [5, 5.41) is 4.79. The van der Waals surface area contributed by atoms with Crippen molar-refractivity contribution >= 4 is 33.6 Å². The zero-order valence-electron chi connectivity index (χ0n) is 18.8. The first-order chi connectivity index (χ1) is 15.9. The van der Waals surface area contributed by atoms with E-state index in [1.807, 2.05) is 0 Å². The first-order valence-corrected chi connectivity index (χ1v) is 11.9. The third-order valence-corrected chi connectivity index (χ3v) is 7.59. The van der Waals surface area contributed by atoms with E-state index in [0.29, 0.717) is 18.0 Å². The van der Waals surface area contributed by atoms with E-state index in [-0.39, 0.29) is 16.1 Å². The topological polar surface area (TPSA) is 116 Å². The molecule has 2 aromatic rings. The van der Waals surface area contributed by atoms with Crippen molar-refractivity contribution in [3.05, 3.63) is 59.7 Å². The van der Waals surface area contributed by atoms with Crippen molar-refractivity contribution in [1.29, 1.82) is 0 Å². The lowest BCUT2D eigenvalue weighted by molar-refractivity contribution is -0.133. The predicted molar refractivity (Wildman–Crippen MR) is 119 cm³/mol. The lowest BCUT2D eigenvalue weighted by Gasteiger charge is -2.22. The molecule has 2 aromatic carbocycles. The minimum Gasteiger partial charge on any atom is -0.325 e. The fourth-order valence-electron chi connectivity index (χ4n) is 3.67. The van der Waals surface area contributed by atoms with Gasteiger partial charge in [0, 0.05) is 24.3 Å². The maximum Gasteiger partial charge on any atom is 0.325 e. The Morgan fingerprint density at radius 3 is 2.29 bits per heavy atom. The van der Waals surface area contributed by atoms with Crippen molar-refractivity contribution in [3.8, 4) is 0 Å². The molecule has 1 aliphatic rings. The molecule has 1 atom stereocenters. The number of sulfonamides is 1. The Kier molecular flexibility index (Phi) is 7.03. The van der Waals surface area contributed by atoms with E-state index in [0.717, 1.165) is 18.2 Å². The van der Waals surface area contributed by atoms with Crippen LogP contribution in [0.2, 0.25) is 0 Å². The van der Waals surface area contributed by atoms with Crippen molar-refractivity contribution in [3.63, 3.8) is 0 Å². The van der Waals surface area contributed by atoms with Crippen LogP contribution in [0.25, 0.3) is 0 Å². The zero-order chi connectivity index (χ0) is 25.3. The van der Waals surface area contributed by atoms with Crippen molar-refractivity contribution in [1.82, 2.24) is 14.5 Å². The normalized spacial score (nSPS) is 18.4. The summed E-state index contributed by atoms with van der Waals surface area (Å²) < 4.78 is 54.3. The second-order valence-electron chi connectivity index (χ2n) is 7.73. The van der Waals surface area contributed by atoms with Gasteiger partial charge in [-0.2, -0.15) is 4.31 Å². The summed E-state index contributed by atoms with van der Waals surface area (Å²) in [4.78, 5) is 38.3. The average Bonchev–Trinajstić information content (AvgIpc) is 3.00. The van der Waals surface area contributed by atoms with Crippen LogP contribution in [0.4, 0.5) is 19.3 Å². The molecule has 182 valence electrons. The summed E-state index contributed by atoms with van der Waals surface area (Å²) >= 11 is 0. The maximum atomic E-state index is 14.2. The Morgan fingerprint density at radius 2 is 1.71 bits per heavy atom. The van der Waals surface area contributed by atoms with E-state index < -0.39 is 51.6 Å². The number of hydrogen-bond acceptors (Lipinski definition) is 5. The summed E-state index contributed by atoms with van der Waals surface area (Å²) in [6.45, 7) is 4.59. The quantitative estimate of drug-likeness (QED) is 0.547. The SMILES string of the molecule is CCN(CC)S(=O)(=O)c1ccc(NC(=O)CN2C(=O)N[C@@](C)(c3cc(F)ccc3F)C2=O)cc1. The van der Waals surface area contributed by atoms with Gasteiger partial charge in [-0.3, -0.25) is 14.5 Å². The Bertz CT molecular complexity index is 1230. The van der Waals surface area contributed by atoms with E-state index in [1.165, 1.54) is 35.5 Å². The molecule has 2 N–H and O–H groups in total. The summed E-state index contributed by atoms with van der Waals surface area (Å²) in [6, 6.07) is 7.03. The summed E-state index contributed by atoms with van der Waals surface area (Å²) in [5.41, 5.74) is -2.00. The van der Waals surface area contributed by atoms with Gasteiger partial charge in [0.15, 0.2) is 0 Å². The van der Waals surface area contributed by atoms with Crippen molar-refractivity contribution in [2.45, 2.75) is 31.2 Å². The minimum absolute atomic E-state index is 0.0520. The average molecular weight is 495 g/mol. The van der Waals surface area contributed by atoms with Crippen molar-refractivity contribution in [2.75, 3.05) is 25.0 Å². The van der Waals surface area contributed by atoms with Crippen molar-refractivity contribution in [2.24, 2.45) is 0 Å². The van der Waals surface area contributed by atoms with E-state index in [9.17, 15) is 31.6 Å². The molecule has 0 unspecified atom stereocenters. The van der Waals surface area contributed by atoms with Gasteiger partial charge in [0.05, 0.1) is 4.90 Å². The number of carbonyl (C=O) groups is 3. The number of halogens is 2. The molecule has 4 amide bonds. The molecule has 0 aliphatic carbocycles. The number of carbonyl (C=O) groups excluding carboxylic acids is 3. The third kappa shape index (κ3) is 4.64. The largest absolute Gasteiger partial charge is 0.325 e. The van der Waals surface area contributed by atoms with Crippen LogP contribution in [-0.2, 0) is 25.2 Å². The van der Waals surface area contributed by atoms with Crippen LogP contribution in [0, 0.1) is 11.6 Å². The van der Waals surface area contributed by atoms with Crippen LogP contribution in [0.15, 0.2) is 47.4 Å². The van der Waals surface area contributed by atoms with E-state index in [2.05, 4.69) is 10.6 Å². The number of benzene rings is 2. The van der Waals surface area contributed by atoms with Gasteiger partial charge in [0.25, 0.3) is 5.91 Å². The third-order valence-electron chi connectivity index (χ3n) is 5.53. The summed E-state index contributed by atoms with van der Waals surface area (Å²) in [5.74, 6) is -3.34. The second kappa shape index (κ2) is 9.47. The monoisotopic (exact) mass is 494 g/mol. The van der Waals surface area contributed by atoms with Gasteiger partial charge in [-0.15, -0.1) is 0 Å². The number of amides is 4. The Labute approximate surface area is 195 Å². The highest BCUT2D eigenvalue weighted by Crippen LogP contribution is 2.31. The molecule has 0 saturated carbocycles. The van der Waals surface area contributed by atoms with Crippen LogP contribution in [0.3, 0.4) is 0 Å². The molecule has 1 aliphatic heterocycles. The molecule has 1 fully saturated rings. The van der Waals surface area contributed by atoms with Gasteiger partial charge < -0.3 is 10.6 Å². The predicted octanol–water partition coefficient (Wildman–Crippen LogP) is 2.40. The minimum atomic E-state index is -3.67. The first kappa shape index (κ1) is 25.2. The molecule has 0 radical (unpaired) electrons. The highest BCUT2D eigenvalue weighted by molar-refractivity contribution is 7.89. The Morgan fingerprint density at radius 1 is 1.09 bits per heavy atom. The fourth-order valence-corrected chi connectivity index (χ4v) is 5.13. The molecule has 0 spiro atoms. The highest BCUT2D eigenvalue weighted by Gasteiger charge is 2.50. The lowest BCUT2D eigenvalue weighted by Crippen LogP contribution is -2.42. The van der Waals surface area contributed by atoms with E-state index >= 15 is 0 Å². The lowest BCUT2D eigenvalue weighted by atomic mass is 9.91. The van der Waals surface area contributed by atoms with Crippen LogP contribution in [0.1, 0.15) is 26.3 Å². The zero-order valence-corrected chi connectivity index (χ0v) is 19.6. The van der Waals surface area contributed by atoms with E-state index in [4.69, 9.17) is 0 Å². The molecule has 9 nitrogen and oxygen atoms in total. The summed E-state index contributed by atoms with van der Waals surface area (Å²) in [6.07, 6.45) is 0. The first-order valence-electron chi connectivity index (χ1n) is 10.4. The molecule has 0 bridgehead atoms. The van der Waals surface area contributed by atoms with Crippen LogP contribution in [-0.4, -0.2) is 55.1 Å². The maximum absolute atomic E-state index is 14.2. The van der Waals surface area contributed by atoms with Gasteiger partial charge in [-0.1, -0.05) is 13.8 Å². The molecule has 12 heteroatoms. The molecular weight excluding hydrogens is 470 g/mol.